The molecule has 3 nitrogen and oxygen atoms in total. The molecule has 0 spiro atoms. The molecule has 0 aliphatic carbocycles. The van der Waals surface area contributed by atoms with Crippen LogP contribution < -0.4 is 5.32 Å². The summed E-state index contributed by atoms with van der Waals surface area (Å²) in [5, 5.41) is 3.36. The van der Waals surface area contributed by atoms with Crippen molar-refractivity contribution in [3.05, 3.63) is 35.4 Å². The molecule has 3 heteroatoms. The second-order valence-corrected chi connectivity index (χ2v) is 5.89. The van der Waals surface area contributed by atoms with Crippen molar-refractivity contribution in [3.8, 4) is 0 Å². The van der Waals surface area contributed by atoms with Gasteiger partial charge in [-0.2, -0.15) is 0 Å². The van der Waals surface area contributed by atoms with Crippen molar-refractivity contribution in [3.63, 3.8) is 0 Å². The van der Waals surface area contributed by atoms with Crippen molar-refractivity contribution < 1.29 is 9.47 Å². The summed E-state index contributed by atoms with van der Waals surface area (Å²) in [7, 11) is 0. The van der Waals surface area contributed by atoms with E-state index in [4.69, 9.17) is 9.47 Å². The Morgan fingerprint density at radius 3 is 2.40 bits per heavy atom. The van der Waals surface area contributed by atoms with E-state index in [9.17, 15) is 0 Å². The van der Waals surface area contributed by atoms with Crippen LogP contribution in [0.5, 0.6) is 0 Å². The van der Waals surface area contributed by atoms with Crippen LogP contribution >= 0.6 is 0 Å². The third-order valence-electron chi connectivity index (χ3n) is 2.96. The summed E-state index contributed by atoms with van der Waals surface area (Å²) in [4.78, 5) is 0. The topological polar surface area (TPSA) is 30.5 Å². The van der Waals surface area contributed by atoms with Crippen molar-refractivity contribution in [2.45, 2.75) is 46.3 Å². The summed E-state index contributed by atoms with van der Waals surface area (Å²) in [5.41, 5.74) is 2.55. The average Bonchev–Trinajstić information content (AvgIpc) is 2.39. The van der Waals surface area contributed by atoms with Crippen LogP contribution in [0, 0.1) is 0 Å². The highest BCUT2D eigenvalue weighted by Crippen LogP contribution is 2.11. The van der Waals surface area contributed by atoms with Crippen LogP contribution in [0.3, 0.4) is 0 Å². The molecule has 0 aromatic heterocycles. The fraction of sp³-hybridized carbons (Fsp3) is 0.647. The Balaban J connectivity index is 2.32. The van der Waals surface area contributed by atoms with Gasteiger partial charge >= 0.3 is 0 Å². The molecule has 0 atom stereocenters. The molecule has 20 heavy (non-hydrogen) atoms. The fourth-order valence-corrected chi connectivity index (χ4v) is 1.93. The minimum Gasteiger partial charge on any atom is -0.374 e. The highest BCUT2D eigenvalue weighted by Gasteiger charge is 2.09. The van der Waals surface area contributed by atoms with Gasteiger partial charge in [0.2, 0.25) is 0 Å². The quantitative estimate of drug-likeness (QED) is 0.704. The van der Waals surface area contributed by atoms with E-state index in [0.29, 0.717) is 19.8 Å². The number of likely N-dealkylation sites (N-methyl/N-ethyl adjacent to an activating group) is 1. The van der Waals surface area contributed by atoms with Gasteiger partial charge in [-0.1, -0.05) is 31.2 Å². The van der Waals surface area contributed by atoms with Crippen LogP contribution in [0.1, 0.15) is 38.8 Å². The first kappa shape index (κ1) is 17.2. The molecular weight excluding hydrogens is 250 g/mol. The van der Waals surface area contributed by atoms with Gasteiger partial charge in [-0.15, -0.1) is 0 Å². The molecule has 0 heterocycles. The van der Waals surface area contributed by atoms with E-state index in [1.807, 2.05) is 0 Å². The zero-order valence-electron chi connectivity index (χ0n) is 13.4. The van der Waals surface area contributed by atoms with Gasteiger partial charge in [0, 0.05) is 0 Å². The summed E-state index contributed by atoms with van der Waals surface area (Å²) in [6.45, 7) is 12.3. The third-order valence-corrected chi connectivity index (χ3v) is 2.96. The molecule has 1 rings (SSSR count). The highest BCUT2D eigenvalue weighted by atomic mass is 16.5. The number of rotatable bonds is 9. The van der Waals surface area contributed by atoms with Crippen molar-refractivity contribution in [1.82, 2.24) is 5.32 Å². The lowest BCUT2D eigenvalue weighted by Gasteiger charge is -2.19. The fourth-order valence-electron chi connectivity index (χ4n) is 1.93. The summed E-state index contributed by atoms with van der Waals surface area (Å²) < 4.78 is 11.4. The lowest BCUT2D eigenvalue weighted by Crippen LogP contribution is -2.21. The van der Waals surface area contributed by atoms with Gasteiger partial charge < -0.3 is 14.8 Å². The Hall–Kier alpha value is -0.900. The minimum absolute atomic E-state index is 0.0902. The van der Waals surface area contributed by atoms with Gasteiger partial charge in [-0.05, 0) is 51.4 Å². The summed E-state index contributed by atoms with van der Waals surface area (Å²) >= 11 is 0. The molecule has 1 aromatic carbocycles. The van der Waals surface area contributed by atoms with E-state index in [2.05, 4.69) is 57.3 Å². The molecule has 0 aliphatic rings. The molecule has 0 aliphatic heterocycles. The lowest BCUT2D eigenvalue weighted by molar-refractivity contribution is -0.0377. The third kappa shape index (κ3) is 7.63. The maximum atomic E-state index is 5.72. The Labute approximate surface area is 123 Å². The summed E-state index contributed by atoms with van der Waals surface area (Å²) in [5.74, 6) is 0. The van der Waals surface area contributed by atoms with Crippen molar-refractivity contribution >= 4 is 0 Å². The first-order valence-corrected chi connectivity index (χ1v) is 7.52. The monoisotopic (exact) mass is 279 g/mol. The van der Waals surface area contributed by atoms with Crippen LogP contribution in [-0.2, 0) is 22.5 Å². The molecular formula is C17H29NO2. The predicted octanol–water partition coefficient (Wildman–Crippen LogP) is 3.17. The lowest BCUT2D eigenvalue weighted by atomic mass is 10.1. The van der Waals surface area contributed by atoms with Gasteiger partial charge in [-0.3, -0.25) is 0 Å². The van der Waals surface area contributed by atoms with Crippen molar-refractivity contribution in [1.29, 1.82) is 0 Å². The SMILES string of the molecule is CCNCCc1ccccc1COCCOC(C)(C)C. The van der Waals surface area contributed by atoms with Crippen LogP contribution in [0.15, 0.2) is 24.3 Å². The molecule has 0 fully saturated rings. The Bertz CT molecular complexity index is 371. The van der Waals surface area contributed by atoms with E-state index >= 15 is 0 Å². The minimum atomic E-state index is -0.0902. The maximum Gasteiger partial charge on any atom is 0.0720 e. The molecule has 114 valence electrons. The number of hydrogen-bond acceptors (Lipinski definition) is 3. The van der Waals surface area contributed by atoms with Gasteiger partial charge in [-0.25, -0.2) is 0 Å². The Kier molecular flexibility index (Phi) is 7.82. The molecule has 0 amide bonds. The molecule has 0 unspecified atom stereocenters. The average molecular weight is 279 g/mol. The van der Waals surface area contributed by atoms with Gasteiger partial charge in [0.25, 0.3) is 0 Å². The van der Waals surface area contributed by atoms with Crippen LogP contribution in [0.2, 0.25) is 0 Å². The Morgan fingerprint density at radius 2 is 1.75 bits per heavy atom. The first-order chi connectivity index (χ1) is 9.53. The van der Waals surface area contributed by atoms with Crippen molar-refractivity contribution in [2.75, 3.05) is 26.3 Å². The molecule has 1 aromatic rings. The van der Waals surface area contributed by atoms with Crippen LogP contribution in [0.4, 0.5) is 0 Å². The highest BCUT2D eigenvalue weighted by molar-refractivity contribution is 5.26. The van der Waals surface area contributed by atoms with E-state index in [0.717, 1.165) is 19.5 Å². The molecule has 0 saturated carbocycles. The van der Waals surface area contributed by atoms with Gasteiger partial charge in [0.15, 0.2) is 0 Å². The number of hydrogen-bond donors (Lipinski definition) is 1. The molecule has 0 bridgehead atoms. The summed E-state index contributed by atoms with van der Waals surface area (Å²) in [6, 6.07) is 8.49. The Morgan fingerprint density at radius 1 is 1.05 bits per heavy atom. The van der Waals surface area contributed by atoms with E-state index < -0.39 is 0 Å². The van der Waals surface area contributed by atoms with E-state index in [-0.39, 0.29) is 5.60 Å². The number of ether oxygens (including phenoxy) is 2. The number of nitrogens with one attached hydrogen (secondary N) is 1. The smallest absolute Gasteiger partial charge is 0.0720 e. The zero-order chi connectivity index (χ0) is 14.8. The standard InChI is InChI=1S/C17H29NO2/c1-5-18-11-10-15-8-6-7-9-16(15)14-19-12-13-20-17(2,3)4/h6-9,18H,5,10-14H2,1-4H3. The molecule has 0 saturated heterocycles. The van der Waals surface area contributed by atoms with Gasteiger partial charge in [0.05, 0.1) is 25.4 Å². The van der Waals surface area contributed by atoms with E-state index in [1.54, 1.807) is 0 Å². The predicted molar refractivity (Wildman–Crippen MR) is 84.1 cm³/mol. The second kappa shape index (κ2) is 9.11. The summed E-state index contributed by atoms with van der Waals surface area (Å²) in [6.07, 6.45) is 1.05. The normalized spacial score (nSPS) is 11.8. The zero-order valence-corrected chi connectivity index (χ0v) is 13.4. The van der Waals surface area contributed by atoms with Crippen LogP contribution in [0.25, 0.3) is 0 Å². The molecule has 1 N–H and O–H groups in total. The largest absolute Gasteiger partial charge is 0.374 e. The number of benzene rings is 1. The van der Waals surface area contributed by atoms with Crippen molar-refractivity contribution in [2.24, 2.45) is 0 Å². The molecule has 0 radical (unpaired) electrons. The second-order valence-electron chi connectivity index (χ2n) is 5.89. The van der Waals surface area contributed by atoms with E-state index in [1.165, 1.54) is 11.1 Å². The maximum absolute atomic E-state index is 5.72. The first-order valence-electron chi connectivity index (χ1n) is 7.52. The van der Waals surface area contributed by atoms with Gasteiger partial charge in [0.1, 0.15) is 0 Å². The van der Waals surface area contributed by atoms with Crippen LogP contribution in [-0.4, -0.2) is 31.9 Å².